The van der Waals surface area contributed by atoms with Gasteiger partial charge in [0, 0.05) is 13.1 Å². The van der Waals surface area contributed by atoms with Crippen LogP contribution in [-0.2, 0) is 11.3 Å². The number of hydrogen-bond acceptors (Lipinski definition) is 10. The van der Waals surface area contributed by atoms with Gasteiger partial charge in [-0.25, -0.2) is 9.42 Å². The van der Waals surface area contributed by atoms with Crippen LogP contribution < -0.4 is 11.1 Å². The number of carbonyl (C=O) groups is 1. The summed E-state index contributed by atoms with van der Waals surface area (Å²) in [6.45, 7) is 2.27. The van der Waals surface area contributed by atoms with E-state index in [1.807, 2.05) is 30.3 Å². The second kappa shape index (κ2) is 8.38. The summed E-state index contributed by atoms with van der Waals surface area (Å²) in [6, 6.07) is 9.21. The number of anilines is 1. The number of carbonyl (C=O) groups excluding carboxylic acids is 1. The van der Waals surface area contributed by atoms with Crippen molar-refractivity contribution in [3.05, 3.63) is 47.3 Å². The molecule has 0 unspecified atom stereocenters. The van der Waals surface area contributed by atoms with E-state index in [0.29, 0.717) is 5.69 Å². The van der Waals surface area contributed by atoms with Gasteiger partial charge in [0.15, 0.2) is 5.69 Å². The number of nitrogens with one attached hydrogen (secondary N) is 1. The van der Waals surface area contributed by atoms with Crippen LogP contribution >= 0.6 is 0 Å². The van der Waals surface area contributed by atoms with Gasteiger partial charge < -0.3 is 20.9 Å². The minimum Gasteiger partial charge on any atom is -0.461 e. The van der Waals surface area contributed by atoms with Crippen molar-refractivity contribution in [3.8, 4) is 5.82 Å². The summed E-state index contributed by atoms with van der Waals surface area (Å²) in [7, 11) is 0. The molecular formula is C16H19N7O4. The van der Waals surface area contributed by atoms with Crippen LogP contribution in [0.2, 0.25) is 0 Å². The number of aliphatic hydroxyl groups is 1. The Morgan fingerprint density at radius 3 is 2.81 bits per heavy atom. The Morgan fingerprint density at radius 1 is 1.37 bits per heavy atom. The third-order valence-corrected chi connectivity index (χ3v) is 3.74. The number of ether oxygens (including phenoxy) is 1. The predicted molar refractivity (Wildman–Crippen MR) is 92.7 cm³/mol. The highest BCUT2D eigenvalue weighted by molar-refractivity contribution is 5.88. The van der Waals surface area contributed by atoms with E-state index in [0.717, 1.165) is 5.56 Å². The molecule has 2 aromatic heterocycles. The molecule has 1 atom stereocenters. The van der Waals surface area contributed by atoms with E-state index in [1.165, 1.54) is 4.68 Å². The molecule has 0 aliphatic carbocycles. The number of benzene rings is 1. The molecular weight excluding hydrogens is 354 g/mol. The fourth-order valence-corrected chi connectivity index (χ4v) is 2.45. The molecule has 142 valence electrons. The molecule has 0 bridgehead atoms. The number of esters is 1. The van der Waals surface area contributed by atoms with Crippen molar-refractivity contribution in [1.82, 2.24) is 30.6 Å². The van der Waals surface area contributed by atoms with Gasteiger partial charge in [-0.05, 0) is 22.8 Å². The van der Waals surface area contributed by atoms with Gasteiger partial charge in [-0.3, -0.25) is 0 Å². The summed E-state index contributed by atoms with van der Waals surface area (Å²) in [6.07, 6.45) is -0.722. The average Bonchev–Trinajstić information content (AvgIpc) is 3.28. The monoisotopic (exact) mass is 373 g/mol. The van der Waals surface area contributed by atoms with Crippen LogP contribution in [0.4, 0.5) is 5.82 Å². The third kappa shape index (κ3) is 4.10. The number of nitrogens with zero attached hydrogens (tertiary/aromatic N) is 5. The first kappa shape index (κ1) is 18.5. The van der Waals surface area contributed by atoms with Gasteiger partial charge >= 0.3 is 5.97 Å². The first-order valence-electron chi connectivity index (χ1n) is 8.25. The summed E-state index contributed by atoms with van der Waals surface area (Å²) in [5.74, 6) is -0.515. The van der Waals surface area contributed by atoms with E-state index in [-0.39, 0.29) is 37.0 Å². The molecule has 0 aliphatic rings. The van der Waals surface area contributed by atoms with Crippen molar-refractivity contribution in [1.29, 1.82) is 0 Å². The number of rotatable bonds is 8. The molecule has 0 amide bonds. The number of aliphatic hydroxyl groups excluding tert-OH is 1. The minimum atomic E-state index is -0.722. The van der Waals surface area contributed by atoms with Crippen LogP contribution in [0.5, 0.6) is 0 Å². The summed E-state index contributed by atoms with van der Waals surface area (Å²) >= 11 is 0. The highest BCUT2D eigenvalue weighted by Gasteiger charge is 2.24. The first-order chi connectivity index (χ1) is 13.1. The predicted octanol–water partition coefficient (Wildman–Crippen LogP) is 0.232. The number of hydrogen-bond donors (Lipinski definition) is 3. The van der Waals surface area contributed by atoms with E-state index in [4.69, 9.17) is 10.5 Å². The number of aromatic nitrogens is 5. The molecule has 27 heavy (non-hydrogen) atoms. The van der Waals surface area contributed by atoms with Crippen LogP contribution in [0, 0.1) is 0 Å². The zero-order valence-electron chi connectivity index (χ0n) is 14.6. The normalized spacial score (nSPS) is 12.1. The highest BCUT2D eigenvalue weighted by atomic mass is 16.6. The van der Waals surface area contributed by atoms with Crippen molar-refractivity contribution >= 4 is 11.8 Å². The minimum absolute atomic E-state index is 0.000814. The smallest absolute Gasteiger partial charge is 0.360 e. The Labute approximate surface area is 154 Å². The first-order valence-corrected chi connectivity index (χ1v) is 8.25. The molecule has 11 nitrogen and oxygen atoms in total. The summed E-state index contributed by atoms with van der Waals surface area (Å²) < 4.78 is 10.8. The maximum atomic E-state index is 12.1. The fraction of sp³-hybridized carbons (Fsp3) is 0.312. The van der Waals surface area contributed by atoms with E-state index in [1.54, 1.807) is 6.92 Å². The second-order valence-electron chi connectivity index (χ2n) is 5.55. The Balaban J connectivity index is 1.78. The topological polar surface area (TPSA) is 154 Å². The Hall–Kier alpha value is -3.31. The molecule has 0 radical (unpaired) electrons. The van der Waals surface area contributed by atoms with Crippen molar-refractivity contribution in [2.24, 2.45) is 0 Å². The van der Waals surface area contributed by atoms with Gasteiger partial charge in [0.2, 0.25) is 11.6 Å². The average molecular weight is 373 g/mol. The molecule has 3 rings (SSSR count). The zero-order valence-corrected chi connectivity index (χ0v) is 14.6. The van der Waals surface area contributed by atoms with Crippen LogP contribution in [0.15, 0.2) is 35.0 Å². The SMILES string of the molecule is CCOC(=O)c1nnn(-c2nonc2N)c1CNC[C@@H](O)c1ccccc1. The Bertz CT molecular complexity index is 893. The molecule has 0 fully saturated rings. The third-order valence-electron chi connectivity index (χ3n) is 3.74. The second-order valence-corrected chi connectivity index (χ2v) is 5.55. The van der Waals surface area contributed by atoms with Crippen molar-refractivity contribution in [2.75, 3.05) is 18.9 Å². The van der Waals surface area contributed by atoms with E-state index >= 15 is 0 Å². The van der Waals surface area contributed by atoms with Crippen molar-refractivity contribution < 1.29 is 19.3 Å². The van der Waals surface area contributed by atoms with E-state index in [9.17, 15) is 9.90 Å². The quantitative estimate of drug-likeness (QED) is 0.467. The lowest BCUT2D eigenvalue weighted by atomic mass is 10.1. The lowest BCUT2D eigenvalue weighted by Crippen LogP contribution is -2.24. The molecule has 1 aromatic carbocycles. The molecule has 0 aliphatic heterocycles. The maximum Gasteiger partial charge on any atom is 0.360 e. The maximum absolute atomic E-state index is 12.1. The Kier molecular flexibility index (Phi) is 5.74. The molecule has 11 heteroatoms. The van der Waals surface area contributed by atoms with Crippen LogP contribution in [-0.4, -0.2) is 49.5 Å². The largest absolute Gasteiger partial charge is 0.461 e. The molecule has 0 saturated heterocycles. The van der Waals surface area contributed by atoms with Crippen LogP contribution in [0.1, 0.15) is 34.8 Å². The van der Waals surface area contributed by atoms with E-state index in [2.05, 4.69) is 30.6 Å². The van der Waals surface area contributed by atoms with Crippen LogP contribution in [0.25, 0.3) is 5.82 Å². The van der Waals surface area contributed by atoms with E-state index < -0.39 is 12.1 Å². The number of nitrogen functional groups attached to an aromatic ring is 1. The standard InChI is InChI=1S/C16H19N7O4/c1-2-26-16(25)13-11(23(22-19-13)15-14(17)20-27-21-15)8-18-9-12(24)10-6-4-3-5-7-10/h3-7,12,18,24H,2,8-9H2,1H3,(H2,17,20)/t12-/m1/s1. The van der Waals surface area contributed by atoms with Gasteiger partial charge in [-0.2, -0.15) is 4.68 Å². The Morgan fingerprint density at radius 2 is 2.15 bits per heavy atom. The van der Waals surface area contributed by atoms with Gasteiger partial charge in [0.25, 0.3) is 0 Å². The van der Waals surface area contributed by atoms with Gasteiger partial charge in [-0.1, -0.05) is 35.5 Å². The van der Waals surface area contributed by atoms with Gasteiger partial charge in [0.1, 0.15) is 0 Å². The zero-order chi connectivity index (χ0) is 19.2. The highest BCUT2D eigenvalue weighted by Crippen LogP contribution is 2.17. The lowest BCUT2D eigenvalue weighted by Gasteiger charge is -2.12. The summed E-state index contributed by atoms with van der Waals surface area (Å²) in [4.78, 5) is 12.1. The lowest BCUT2D eigenvalue weighted by molar-refractivity contribution is 0.0518. The molecule has 0 saturated carbocycles. The molecule has 0 spiro atoms. The van der Waals surface area contributed by atoms with Gasteiger partial charge in [-0.15, -0.1) is 5.10 Å². The van der Waals surface area contributed by atoms with Crippen molar-refractivity contribution in [2.45, 2.75) is 19.6 Å². The molecule has 2 heterocycles. The number of nitrogens with two attached hydrogens (primary N) is 1. The van der Waals surface area contributed by atoms with Gasteiger partial charge in [0.05, 0.1) is 18.4 Å². The molecule has 3 aromatic rings. The fourth-order valence-electron chi connectivity index (χ4n) is 2.45. The van der Waals surface area contributed by atoms with Crippen LogP contribution in [0.3, 0.4) is 0 Å². The summed E-state index contributed by atoms with van der Waals surface area (Å²) in [5.41, 5.74) is 6.85. The molecule has 4 N–H and O–H groups in total. The summed E-state index contributed by atoms with van der Waals surface area (Å²) in [5, 5.41) is 28.3. The van der Waals surface area contributed by atoms with Crippen molar-refractivity contribution in [3.63, 3.8) is 0 Å².